The minimum Gasteiger partial charge on any atom is -0.354 e. The van der Waals surface area contributed by atoms with Crippen LogP contribution in [0.3, 0.4) is 0 Å². The van der Waals surface area contributed by atoms with E-state index in [-0.39, 0.29) is 17.5 Å². The summed E-state index contributed by atoms with van der Waals surface area (Å²) in [5, 5.41) is 2.74. The third-order valence-electron chi connectivity index (χ3n) is 3.54. The molecule has 1 heterocycles. The van der Waals surface area contributed by atoms with E-state index < -0.39 is 0 Å². The molecule has 2 aromatic rings. The van der Waals surface area contributed by atoms with Gasteiger partial charge < -0.3 is 10.3 Å². The lowest BCUT2D eigenvalue weighted by atomic mass is 10.1. The van der Waals surface area contributed by atoms with Gasteiger partial charge in [-0.2, -0.15) is 0 Å². The van der Waals surface area contributed by atoms with Gasteiger partial charge in [0.2, 0.25) is 0 Å². The quantitative estimate of drug-likeness (QED) is 0.850. The summed E-state index contributed by atoms with van der Waals surface area (Å²) < 4.78 is 0. The van der Waals surface area contributed by atoms with Crippen molar-refractivity contribution in [2.75, 3.05) is 5.32 Å². The van der Waals surface area contributed by atoms with E-state index in [1.165, 1.54) is 13.8 Å². The lowest BCUT2D eigenvalue weighted by molar-refractivity contribution is 0.100. The second-order valence-electron chi connectivity index (χ2n) is 5.27. The predicted octanol–water partition coefficient (Wildman–Crippen LogP) is 3.29. The van der Waals surface area contributed by atoms with Crippen LogP contribution < -0.4 is 5.32 Å². The van der Waals surface area contributed by atoms with Crippen molar-refractivity contribution >= 4 is 23.2 Å². The molecule has 0 aliphatic heterocycles. The Bertz CT molecular complexity index is 772. The summed E-state index contributed by atoms with van der Waals surface area (Å²) in [6, 6.07) is 6.73. The Morgan fingerprint density at radius 1 is 1.05 bits per heavy atom. The molecule has 1 aromatic carbocycles. The van der Waals surface area contributed by atoms with Gasteiger partial charge in [-0.15, -0.1) is 0 Å². The molecule has 2 N–H and O–H groups in total. The van der Waals surface area contributed by atoms with Crippen LogP contribution in [0.4, 0.5) is 5.69 Å². The number of aryl methyl sites for hydroxylation is 1. The Morgan fingerprint density at radius 2 is 1.73 bits per heavy atom. The molecule has 0 fully saturated rings. The topological polar surface area (TPSA) is 79.0 Å². The lowest BCUT2D eigenvalue weighted by Crippen LogP contribution is -2.14. The Morgan fingerprint density at radius 3 is 2.27 bits per heavy atom. The van der Waals surface area contributed by atoms with Crippen molar-refractivity contribution in [3.63, 3.8) is 0 Å². The summed E-state index contributed by atoms with van der Waals surface area (Å²) in [5.74, 6) is -0.487. The van der Waals surface area contributed by atoms with E-state index in [2.05, 4.69) is 10.3 Å². The summed E-state index contributed by atoms with van der Waals surface area (Å²) in [7, 11) is 0. The first-order valence-electron chi connectivity index (χ1n) is 6.93. The fourth-order valence-electron chi connectivity index (χ4n) is 2.51. The fourth-order valence-corrected chi connectivity index (χ4v) is 2.51. The maximum Gasteiger partial charge on any atom is 0.272 e. The number of hydrogen-bond donors (Lipinski definition) is 2. The molecule has 0 aliphatic rings. The van der Waals surface area contributed by atoms with E-state index in [9.17, 15) is 14.4 Å². The van der Waals surface area contributed by atoms with E-state index in [0.29, 0.717) is 33.8 Å². The van der Waals surface area contributed by atoms with Crippen molar-refractivity contribution in [3.05, 3.63) is 52.3 Å². The number of nitrogens with one attached hydrogen (secondary N) is 2. The molecule has 0 saturated heterocycles. The highest BCUT2D eigenvalue weighted by molar-refractivity contribution is 6.08. The molecule has 5 nitrogen and oxygen atoms in total. The zero-order chi connectivity index (χ0) is 16.4. The van der Waals surface area contributed by atoms with Crippen molar-refractivity contribution in [2.24, 2.45) is 0 Å². The largest absolute Gasteiger partial charge is 0.354 e. The van der Waals surface area contributed by atoms with Gasteiger partial charge in [0.05, 0.1) is 0 Å². The smallest absolute Gasteiger partial charge is 0.272 e. The molecular weight excluding hydrogens is 280 g/mol. The van der Waals surface area contributed by atoms with Gasteiger partial charge in [0.1, 0.15) is 5.69 Å². The van der Waals surface area contributed by atoms with Gasteiger partial charge in [-0.3, -0.25) is 14.4 Å². The SMILES string of the molecule is CC(=O)c1cccc(NC(=O)c2[nH]c(C)c(C(C)=O)c2C)c1. The predicted molar refractivity (Wildman–Crippen MR) is 84.7 cm³/mol. The molecule has 0 unspecified atom stereocenters. The molecule has 5 heteroatoms. The number of aromatic nitrogens is 1. The number of rotatable bonds is 4. The molecule has 0 spiro atoms. The Balaban J connectivity index is 2.30. The molecule has 0 bridgehead atoms. The zero-order valence-electron chi connectivity index (χ0n) is 13.0. The normalized spacial score (nSPS) is 10.4. The Kier molecular flexibility index (Phi) is 4.26. The summed E-state index contributed by atoms with van der Waals surface area (Å²) in [5.41, 5.74) is 3.27. The average Bonchev–Trinajstić information content (AvgIpc) is 2.74. The number of aromatic amines is 1. The first kappa shape index (κ1) is 15.7. The average molecular weight is 298 g/mol. The number of benzene rings is 1. The molecule has 22 heavy (non-hydrogen) atoms. The number of amides is 1. The van der Waals surface area contributed by atoms with Crippen LogP contribution in [0.1, 0.15) is 56.3 Å². The third-order valence-corrected chi connectivity index (χ3v) is 3.54. The first-order valence-corrected chi connectivity index (χ1v) is 6.93. The number of Topliss-reactive ketones (excluding diaryl/α,β-unsaturated/α-hetero) is 2. The number of carbonyl (C=O) groups excluding carboxylic acids is 3. The Labute approximate surface area is 128 Å². The first-order chi connectivity index (χ1) is 10.3. The highest BCUT2D eigenvalue weighted by Crippen LogP contribution is 2.20. The van der Waals surface area contributed by atoms with Crippen LogP contribution in [0.5, 0.6) is 0 Å². The van der Waals surface area contributed by atoms with Crippen LogP contribution in [0, 0.1) is 13.8 Å². The van der Waals surface area contributed by atoms with Crippen molar-refractivity contribution in [1.29, 1.82) is 0 Å². The maximum absolute atomic E-state index is 12.4. The van der Waals surface area contributed by atoms with Crippen LogP contribution in [-0.2, 0) is 0 Å². The van der Waals surface area contributed by atoms with Gasteiger partial charge in [-0.25, -0.2) is 0 Å². The fraction of sp³-hybridized carbons (Fsp3) is 0.235. The monoisotopic (exact) mass is 298 g/mol. The minimum absolute atomic E-state index is 0.0677. The Hall–Kier alpha value is -2.69. The number of carbonyl (C=O) groups is 3. The van der Waals surface area contributed by atoms with Gasteiger partial charge >= 0.3 is 0 Å². The number of anilines is 1. The molecule has 0 saturated carbocycles. The molecule has 114 valence electrons. The summed E-state index contributed by atoms with van der Waals surface area (Å²) >= 11 is 0. The van der Waals surface area contributed by atoms with E-state index in [1.54, 1.807) is 38.1 Å². The van der Waals surface area contributed by atoms with Gasteiger partial charge in [-0.1, -0.05) is 12.1 Å². The highest BCUT2D eigenvalue weighted by atomic mass is 16.2. The standard InChI is InChI=1S/C17H18N2O3/c1-9-15(12(4)21)10(2)18-16(9)17(22)19-14-7-5-6-13(8-14)11(3)20/h5-8,18H,1-4H3,(H,19,22). The van der Waals surface area contributed by atoms with Crippen LogP contribution in [-0.4, -0.2) is 22.5 Å². The maximum atomic E-state index is 12.4. The van der Waals surface area contributed by atoms with Crippen molar-refractivity contribution < 1.29 is 14.4 Å². The lowest BCUT2D eigenvalue weighted by Gasteiger charge is -2.06. The molecule has 1 aromatic heterocycles. The van der Waals surface area contributed by atoms with Crippen LogP contribution in [0.15, 0.2) is 24.3 Å². The van der Waals surface area contributed by atoms with Gasteiger partial charge in [0, 0.05) is 22.5 Å². The molecule has 0 radical (unpaired) electrons. The van der Waals surface area contributed by atoms with Crippen LogP contribution in [0.2, 0.25) is 0 Å². The molecule has 2 rings (SSSR count). The van der Waals surface area contributed by atoms with E-state index in [0.717, 1.165) is 0 Å². The van der Waals surface area contributed by atoms with E-state index in [1.807, 2.05) is 0 Å². The molecule has 1 amide bonds. The van der Waals surface area contributed by atoms with Crippen molar-refractivity contribution in [2.45, 2.75) is 27.7 Å². The van der Waals surface area contributed by atoms with E-state index >= 15 is 0 Å². The second kappa shape index (κ2) is 5.97. The number of H-pyrrole nitrogens is 1. The molecule has 0 atom stereocenters. The van der Waals surface area contributed by atoms with Gasteiger partial charge in [-0.05, 0) is 45.4 Å². The van der Waals surface area contributed by atoms with E-state index in [4.69, 9.17) is 0 Å². The minimum atomic E-state index is -0.339. The van der Waals surface area contributed by atoms with Crippen LogP contribution >= 0.6 is 0 Å². The summed E-state index contributed by atoms with van der Waals surface area (Å²) in [4.78, 5) is 38.3. The van der Waals surface area contributed by atoms with Gasteiger partial charge in [0.25, 0.3) is 5.91 Å². The van der Waals surface area contributed by atoms with Crippen molar-refractivity contribution in [3.8, 4) is 0 Å². The molecular formula is C17H18N2O3. The number of ketones is 2. The van der Waals surface area contributed by atoms with Crippen LogP contribution in [0.25, 0.3) is 0 Å². The zero-order valence-corrected chi connectivity index (χ0v) is 13.0. The third kappa shape index (κ3) is 2.98. The number of hydrogen-bond acceptors (Lipinski definition) is 3. The highest BCUT2D eigenvalue weighted by Gasteiger charge is 2.19. The summed E-state index contributed by atoms with van der Waals surface area (Å²) in [6.07, 6.45) is 0. The van der Waals surface area contributed by atoms with Gasteiger partial charge in [0.15, 0.2) is 11.6 Å². The second-order valence-corrected chi connectivity index (χ2v) is 5.27. The summed E-state index contributed by atoms with van der Waals surface area (Å²) in [6.45, 7) is 6.44. The molecule has 0 aliphatic carbocycles. The van der Waals surface area contributed by atoms with Crippen molar-refractivity contribution in [1.82, 2.24) is 4.98 Å².